The van der Waals surface area contributed by atoms with E-state index in [9.17, 15) is 0 Å². The predicted octanol–water partition coefficient (Wildman–Crippen LogP) is 3.28. The first-order valence-electron chi connectivity index (χ1n) is 5.40. The smallest absolute Gasteiger partial charge is 0.0569 e. The molecule has 0 aromatic heterocycles. The highest BCUT2D eigenvalue weighted by molar-refractivity contribution is 5.30. The second-order valence-corrected chi connectivity index (χ2v) is 4.34. The minimum atomic E-state index is -0.0869. The molecule has 0 spiro atoms. The summed E-state index contributed by atoms with van der Waals surface area (Å²) in [4.78, 5) is 0. The normalized spacial score (nSPS) is 13.8. The van der Waals surface area contributed by atoms with Gasteiger partial charge in [0.2, 0.25) is 0 Å². The van der Waals surface area contributed by atoms with Gasteiger partial charge >= 0.3 is 0 Å². The first kappa shape index (κ1) is 10.6. The largest absolute Gasteiger partial charge is 0.376 e. The molecule has 0 atom stereocenters. The highest BCUT2D eigenvalue weighted by atomic mass is 15.0. The number of allylic oxidation sites excluding steroid dienone is 3. The van der Waals surface area contributed by atoms with Crippen molar-refractivity contribution in [3.05, 3.63) is 71.3 Å². The maximum atomic E-state index is 3.48. The van der Waals surface area contributed by atoms with Crippen molar-refractivity contribution in [1.82, 2.24) is 5.32 Å². The van der Waals surface area contributed by atoms with Gasteiger partial charge in [0.1, 0.15) is 0 Å². The van der Waals surface area contributed by atoms with Crippen molar-refractivity contribution in [2.45, 2.75) is 19.4 Å². The Morgan fingerprint density at radius 2 is 1.81 bits per heavy atom. The van der Waals surface area contributed by atoms with Crippen molar-refractivity contribution >= 4 is 0 Å². The summed E-state index contributed by atoms with van der Waals surface area (Å²) >= 11 is 0. The van der Waals surface area contributed by atoms with Gasteiger partial charge in [0.05, 0.1) is 5.54 Å². The van der Waals surface area contributed by atoms with Crippen molar-refractivity contribution in [2.24, 2.45) is 0 Å². The molecule has 0 radical (unpaired) electrons. The van der Waals surface area contributed by atoms with Gasteiger partial charge in [0.15, 0.2) is 0 Å². The Hall–Kier alpha value is -1.94. The number of rotatable bonds is 3. The maximum absolute atomic E-state index is 3.48. The molecule has 1 heteroatoms. The van der Waals surface area contributed by atoms with E-state index in [1.165, 1.54) is 5.56 Å². The summed E-state index contributed by atoms with van der Waals surface area (Å²) in [7, 11) is 0. The monoisotopic (exact) mass is 209 g/mol. The van der Waals surface area contributed by atoms with Crippen LogP contribution >= 0.6 is 0 Å². The van der Waals surface area contributed by atoms with Gasteiger partial charge in [0, 0.05) is 11.8 Å². The predicted molar refractivity (Wildman–Crippen MR) is 66.9 cm³/mol. The van der Waals surface area contributed by atoms with Crippen LogP contribution in [0.15, 0.2) is 65.7 Å². The third-order valence-corrected chi connectivity index (χ3v) is 2.61. The Morgan fingerprint density at radius 3 is 2.44 bits per heavy atom. The summed E-state index contributed by atoms with van der Waals surface area (Å²) in [5.74, 6) is 0. The van der Waals surface area contributed by atoms with E-state index in [0.717, 1.165) is 5.70 Å². The molecule has 1 aliphatic carbocycles. The van der Waals surface area contributed by atoms with Crippen molar-refractivity contribution < 1.29 is 0 Å². The van der Waals surface area contributed by atoms with Crippen LogP contribution in [0.25, 0.3) is 0 Å². The molecule has 0 unspecified atom stereocenters. The van der Waals surface area contributed by atoms with E-state index in [0.29, 0.717) is 0 Å². The first-order valence-corrected chi connectivity index (χ1v) is 5.40. The van der Waals surface area contributed by atoms with Crippen LogP contribution in [-0.2, 0) is 5.54 Å². The molecule has 80 valence electrons. The topological polar surface area (TPSA) is 12.0 Å². The lowest BCUT2D eigenvalue weighted by Gasteiger charge is -2.28. The van der Waals surface area contributed by atoms with Gasteiger partial charge in [-0.25, -0.2) is 0 Å². The molecule has 1 N–H and O–H groups in total. The average molecular weight is 209 g/mol. The zero-order valence-corrected chi connectivity index (χ0v) is 9.62. The first-order chi connectivity index (χ1) is 7.68. The van der Waals surface area contributed by atoms with Crippen LogP contribution < -0.4 is 5.32 Å². The molecule has 1 aromatic carbocycles. The average Bonchev–Trinajstić information content (AvgIpc) is 2.31. The highest BCUT2D eigenvalue weighted by Crippen LogP contribution is 2.21. The van der Waals surface area contributed by atoms with Crippen molar-refractivity contribution in [1.29, 1.82) is 0 Å². The van der Waals surface area contributed by atoms with Crippen LogP contribution in [0.4, 0.5) is 0 Å². The zero-order chi connectivity index (χ0) is 11.4. The van der Waals surface area contributed by atoms with Gasteiger partial charge in [0.25, 0.3) is 0 Å². The maximum Gasteiger partial charge on any atom is 0.0569 e. The molecule has 0 heterocycles. The van der Waals surface area contributed by atoms with Crippen molar-refractivity contribution in [2.75, 3.05) is 0 Å². The molecule has 0 fully saturated rings. The van der Waals surface area contributed by atoms with E-state index in [4.69, 9.17) is 0 Å². The summed E-state index contributed by atoms with van der Waals surface area (Å²) in [5, 5.41) is 3.48. The molecule has 2 rings (SSSR count). The standard InChI is InChI=1S/C15H15N/c1-15(2,13-9-5-3-6-10-13)16-14-11-7-4-8-12-14/h3,5-7,9-12,16H,1-2H3. The van der Waals surface area contributed by atoms with Gasteiger partial charge < -0.3 is 5.32 Å². The lowest BCUT2D eigenvalue weighted by molar-refractivity contribution is 0.454. The summed E-state index contributed by atoms with van der Waals surface area (Å²) in [5.41, 5.74) is 8.08. The molecule has 0 bridgehead atoms. The van der Waals surface area contributed by atoms with E-state index in [2.05, 4.69) is 54.9 Å². The summed E-state index contributed by atoms with van der Waals surface area (Å²) < 4.78 is 0. The summed E-state index contributed by atoms with van der Waals surface area (Å²) in [6.45, 7) is 4.33. The molecule has 0 aliphatic heterocycles. The Kier molecular flexibility index (Phi) is 2.83. The molecule has 1 aliphatic rings. The fourth-order valence-corrected chi connectivity index (χ4v) is 1.71. The zero-order valence-electron chi connectivity index (χ0n) is 9.62. The Labute approximate surface area is 96.5 Å². The van der Waals surface area contributed by atoms with Crippen LogP contribution in [0.1, 0.15) is 19.4 Å². The Balaban J connectivity index is 2.18. The van der Waals surface area contributed by atoms with Crippen LogP contribution in [-0.4, -0.2) is 0 Å². The van der Waals surface area contributed by atoms with Gasteiger partial charge in [-0.15, -0.1) is 0 Å². The molecule has 16 heavy (non-hydrogen) atoms. The van der Waals surface area contributed by atoms with Gasteiger partial charge in [-0.05, 0) is 31.6 Å². The van der Waals surface area contributed by atoms with Crippen LogP contribution in [0, 0.1) is 0 Å². The number of hydrogen-bond acceptors (Lipinski definition) is 1. The molecule has 0 saturated heterocycles. The third kappa shape index (κ3) is 2.35. The Bertz CT molecular complexity index is 493. The van der Waals surface area contributed by atoms with E-state index < -0.39 is 0 Å². The molecule has 0 saturated carbocycles. The van der Waals surface area contributed by atoms with E-state index in [1.54, 1.807) is 0 Å². The minimum Gasteiger partial charge on any atom is -0.376 e. The van der Waals surface area contributed by atoms with Gasteiger partial charge in [-0.1, -0.05) is 41.8 Å². The highest BCUT2D eigenvalue weighted by Gasteiger charge is 2.19. The number of benzene rings is 1. The molecule has 1 nitrogen and oxygen atoms in total. The number of hydrogen-bond donors (Lipinski definition) is 1. The minimum absolute atomic E-state index is 0.0869. The van der Waals surface area contributed by atoms with E-state index >= 15 is 0 Å². The fourth-order valence-electron chi connectivity index (χ4n) is 1.71. The fraction of sp³-hybridized carbons (Fsp3) is 0.200. The van der Waals surface area contributed by atoms with E-state index in [-0.39, 0.29) is 5.54 Å². The number of nitrogens with one attached hydrogen (secondary N) is 1. The van der Waals surface area contributed by atoms with Crippen LogP contribution in [0.3, 0.4) is 0 Å². The second kappa shape index (κ2) is 4.28. The lowest BCUT2D eigenvalue weighted by atomic mass is 9.94. The lowest BCUT2D eigenvalue weighted by Crippen LogP contribution is -2.35. The van der Waals surface area contributed by atoms with Gasteiger partial charge in [-0.2, -0.15) is 0 Å². The summed E-state index contributed by atoms with van der Waals surface area (Å²) in [6.07, 6.45) is 5.77. The molecular formula is C15H15N. The van der Waals surface area contributed by atoms with Crippen molar-refractivity contribution in [3.63, 3.8) is 0 Å². The summed E-state index contributed by atoms with van der Waals surface area (Å²) in [6, 6.07) is 10.4. The van der Waals surface area contributed by atoms with Gasteiger partial charge in [-0.3, -0.25) is 0 Å². The molecule has 0 amide bonds. The molecule has 1 aromatic rings. The Morgan fingerprint density at radius 1 is 1.06 bits per heavy atom. The molecular weight excluding hydrogens is 194 g/mol. The van der Waals surface area contributed by atoms with Crippen molar-refractivity contribution in [3.8, 4) is 0 Å². The van der Waals surface area contributed by atoms with Crippen LogP contribution in [0.5, 0.6) is 0 Å². The quantitative estimate of drug-likeness (QED) is 0.753. The van der Waals surface area contributed by atoms with Crippen LogP contribution in [0.2, 0.25) is 0 Å². The second-order valence-electron chi connectivity index (χ2n) is 4.34. The third-order valence-electron chi connectivity index (χ3n) is 2.61. The SMILES string of the molecule is CC(C)(NC1=CC=C=C=C1)c1ccccc1. The van der Waals surface area contributed by atoms with E-state index in [1.807, 2.05) is 24.3 Å².